The lowest BCUT2D eigenvalue weighted by Crippen LogP contribution is -2.30. The Labute approximate surface area is 158 Å². The van der Waals surface area contributed by atoms with Crippen LogP contribution in [0.5, 0.6) is 5.75 Å². The number of hydrogen-bond acceptors (Lipinski definition) is 4. The average molecular weight is 362 g/mol. The molecule has 1 atom stereocenters. The summed E-state index contributed by atoms with van der Waals surface area (Å²) < 4.78 is 7.14. The van der Waals surface area contributed by atoms with Crippen LogP contribution in [-0.2, 0) is 0 Å². The molecule has 0 unspecified atom stereocenters. The third-order valence-electron chi connectivity index (χ3n) is 4.82. The van der Waals surface area contributed by atoms with Crippen LogP contribution in [0.15, 0.2) is 60.8 Å². The number of aromatic nitrogens is 3. The van der Waals surface area contributed by atoms with Gasteiger partial charge in [0, 0.05) is 6.54 Å². The van der Waals surface area contributed by atoms with Crippen molar-refractivity contribution in [1.82, 2.24) is 19.9 Å². The van der Waals surface area contributed by atoms with Crippen molar-refractivity contribution in [3.63, 3.8) is 0 Å². The second-order valence-corrected chi connectivity index (χ2v) is 6.54. The second kappa shape index (κ2) is 7.61. The van der Waals surface area contributed by atoms with E-state index in [1.807, 2.05) is 66.4 Å². The molecule has 2 heterocycles. The van der Waals surface area contributed by atoms with Crippen molar-refractivity contribution >= 4 is 5.91 Å². The number of nitrogens with zero attached hydrogens (tertiary/aromatic N) is 4. The molecule has 1 aliphatic heterocycles. The summed E-state index contributed by atoms with van der Waals surface area (Å²) in [4.78, 5) is 14.9. The minimum absolute atomic E-state index is 0.0649. The fourth-order valence-corrected chi connectivity index (χ4v) is 3.53. The van der Waals surface area contributed by atoms with Gasteiger partial charge in [-0.2, -0.15) is 0 Å². The molecule has 0 spiro atoms. The number of amides is 1. The molecule has 2 aromatic carbocycles. The first-order valence-corrected chi connectivity index (χ1v) is 9.28. The maximum Gasteiger partial charge on any atom is 0.276 e. The fourth-order valence-electron chi connectivity index (χ4n) is 3.53. The van der Waals surface area contributed by atoms with Gasteiger partial charge in [-0.05, 0) is 49.6 Å². The van der Waals surface area contributed by atoms with Gasteiger partial charge in [0.15, 0.2) is 5.69 Å². The van der Waals surface area contributed by atoms with Gasteiger partial charge in [0.25, 0.3) is 5.91 Å². The molecule has 1 amide bonds. The first-order chi connectivity index (χ1) is 13.3. The average Bonchev–Trinajstić information content (AvgIpc) is 3.39. The van der Waals surface area contributed by atoms with E-state index in [0.29, 0.717) is 12.3 Å². The topological polar surface area (TPSA) is 60.2 Å². The van der Waals surface area contributed by atoms with E-state index in [-0.39, 0.29) is 11.9 Å². The van der Waals surface area contributed by atoms with Crippen LogP contribution in [0, 0.1) is 0 Å². The van der Waals surface area contributed by atoms with E-state index in [2.05, 4.69) is 10.3 Å². The summed E-state index contributed by atoms with van der Waals surface area (Å²) in [6, 6.07) is 17.7. The number of hydrogen-bond donors (Lipinski definition) is 0. The zero-order valence-electron chi connectivity index (χ0n) is 15.3. The fraction of sp³-hybridized carbons (Fsp3) is 0.286. The van der Waals surface area contributed by atoms with Gasteiger partial charge in [-0.15, -0.1) is 5.10 Å². The Morgan fingerprint density at radius 1 is 1.15 bits per heavy atom. The predicted octanol–water partition coefficient (Wildman–Crippen LogP) is 3.64. The molecular weight excluding hydrogens is 340 g/mol. The number of para-hydroxylation sites is 1. The maximum atomic E-state index is 13.0. The number of carbonyl (C=O) groups excluding carboxylic acids is 1. The first-order valence-electron chi connectivity index (χ1n) is 9.28. The van der Waals surface area contributed by atoms with Gasteiger partial charge in [-0.1, -0.05) is 35.5 Å². The van der Waals surface area contributed by atoms with Crippen molar-refractivity contribution in [1.29, 1.82) is 0 Å². The largest absolute Gasteiger partial charge is 0.494 e. The van der Waals surface area contributed by atoms with Crippen molar-refractivity contribution in [3.05, 3.63) is 72.1 Å². The number of rotatable bonds is 5. The molecule has 0 radical (unpaired) electrons. The molecule has 1 fully saturated rings. The van der Waals surface area contributed by atoms with Gasteiger partial charge in [0.05, 0.1) is 24.5 Å². The highest BCUT2D eigenvalue weighted by molar-refractivity contribution is 5.92. The van der Waals surface area contributed by atoms with Crippen molar-refractivity contribution < 1.29 is 9.53 Å². The normalized spacial score (nSPS) is 16.5. The molecule has 6 heteroatoms. The van der Waals surface area contributed by atoms with E-state index < -0.39 is 0 Å². The summed E-state index contributed by atoms with van der Waals surface area (Å²) in [5, 5.41) is 8.22. The second-order valence-electron chi connectivity index (χ2n) is 6.54. The lowest BCUT2D eigenvalue weighted by atomic mass is 10.0. The lowest BCUT2D eigenvalue weighted by Gasteiger charge is -2.24. The first kappa shape index (κ1) is 17.3. The highest BCUT2D eigenvalue weighted by atomic mass is 16.5. The van der Waals surface area contributed by atoms with E-state index in [1.165, 1.54) is 0 Å². The van der Waals surface area contributed by atoms with Crippen LogP contribution in [0.3, 0.4) is 0 Å². The lowest BCUT2D eigenvalue weighted by molar-refractivity contribution is 0.0729. The van der Waals surface area contributed by atoms with Crippen LogP contribution in [0.4, 0.5) is 0 Å². The zero-order valence-corrected chi connectivity index (χ0v) is 15.3. The van der Waals surface area contributed by atoms with E-state index in [9.17, 15) is 4.79 Å². The van der Waals surface area contributed by atoms with Gasteiger partial charge in [-0.25, -0.2) is 4.68 Å². The third kappa shape index (κ3) is 3.56. The van der Waals surface area contributed by atoms with Gasteiger partial charge >= 0.3 is 0 Å². The number of likely N-dealkylation sites (tertiary alicyclic amines) is 1. The summed E-state index contributed by atoms with van der Waals surface area (Å²) in [5.74, 6) is 0.775. The Morgan fingerprint density at radius 3 is 2.67 bits per heavy atom. The van der Waals surface area contributed by atoms with E-state index in [0.717, 1.165) is 36.4 Å². The van der Waals surface area contributed by atoms with Crippen LogP contribution in [-0.4, -0.2) is 39.0 Å². The molecule has 0 N–H and O–H groups in total. The molecule has 1 saturated heterocycles. The van der Waals surface area contributed by atoms with Crippen molar-refractivity contribution in [3.8, 4) is 11.4 Å². The Kier molecular flexibility index (Phi) is 4.87. The quantitative estimate of drug-likeness (QED) is 0.695. The Hall–Kier alpha value is -3.15. The van der Waals surface area contributed by atoms with Crippen LogP contribution >= 0.6 is 0 Å². The Morgan fingerprint density at radius 2 is 1.93 bits per heavy atom. The van der Waals surface area contributed by atoms with E-state index >= 15 is 0 Å². The molecule has 3 aromatic rings. The SMILES string of the molecule is CCOc1ccc([C@H]2CCCN2C(=O)c2cn(-c3ccccc3)nn2)cc1. The van der Waals surface area contributed by atoms with Gasteiger partial charge in [-0.3, -0.25) is 4.79 Å². The molecule has 4 rings (SSSR count). The molecule has 0 bridgehead atoms. The molecule has 6 nitrogen and oxygen atoms in total. The van der Waals surface area contributed by atoms with Crippen molar-refractivity contribution in [2.45, 2.75) is 25.8 Å². The predicted molar refractivity (Wildman–Crippen MR) is 102 cm³/mol. The Bertz CT molecular complexity index is 905. The molecular formula is C21H22N4O2. The summed E-state index contributed by atoms with van der Waals surface area (Å²) in [5.41, 5.74) is 2.38. The van der Waals surface area contributed by atoms with Gasteiger partial charge in [0.1, 0.15) is 5.75 Å². The maximum absolute atomic E-state index is 13.0. The standard InChI is InChI=1S/C21H22N4O2/c1-2-27-18-12-10-16(11-13-18)20-9-6-14-24(20)21(26)19-15-25(23-22-19)17-7-4-3-5-8-17/h3-5,7-8,10-13,15,20H,2,6,9,14H2,1H3/t20-/m1/s1. The van der Waals surface area contributed by atoms with Crippen molar-refractivity contribution in [2.75, 3.05) is 13.2 Å². The molecule has 0 aliphatic carbocycles. The van der Waals surface area contributed by atoms with Crippen LogP contribution in [0.2, 0.25) is 0 Å². The van der Waals surface area contributed by atoms with Crippen molar-refractivity contribution in [2.24, 2.45) is 0 Å². The summed E-state index contributed by atoms with van der Waals surface area (Å²) in [7, 11) is 0. The minimum Gasteiger partial charge on any atom is -0.494 e. The highest BCUT2D eigenvalue weighted by Crippen LogP contribution is 2.33. The highest BCUT2D eigenvalue weighted by Gasteiger charge is 2.32. The Balaban J connectivity index is 1.53. The summed E-state index contributed by atoms with van der Waals surface area (Å²) in [6.07, 6.45) is 3.63. The number of benzene rings is 2. The van der Waals surface area contributed by atoms with Crippen LogP contribution in [0.25, 0.3) is 5.69 Å². The van der Waals surface area contributed by atoms with Crippen LogP contribution < -0.4 is 4.74 Å². The third-order valence-corrected chi connectivity index (χ3v) is 4.82. The molecule has 0 saturated carbocycles. The zero-order chi connectivity index (χ0) is 18.6. The smallest absolute Gasteiger partial charge is 0.276 e. The van der Waals surface area contributed by atoms with E-state index in [1.54, 1.807) is 10.9 Å². The van der Waals surface area contributed by atoms with E-state index in [4.69, 9.17) is 4.74 Å². The molecule has 27 heavy (non-hydrogen) atoms. The number of carbonyl (C=O) groups is 1. The monoisotopic (exact) mass is 362 g/mol. The number of ether oxygens (including phenoxy) is 1. The van der Waals surface area contributed by atoms with Gasteiger partial charge in [0.2, 0.25) is 0 Å². The molecule has 1 aliphatic rings. The minimum atomic E-state index is -0.0754. The molecule has 1 aromatic heterocycles. The summed E-state index contributed by atoms with van der Waals surface area (Å²) >= 11 is 0. The molecule has 138 valence electrons. The van der Waals surface area contributed by atoms with Gasteiger partial charge < -0.3 is 9.64 Å². The summed E-state index contributed by atoms with van der Waals surface area (Å²) in [6.45, 7) is 3.34. The van der Waals surface area contributed by atoms with Crippen LogP contribution in [0.1, 0.15) is 41.9 Å².